The maximum absolute atomic E-state index is 13.1. The lowest BCUT2D eigenvalue weighted by Gasteiger charge is -2.19. The lowest BCUT2D eigenvalue weighted by atomic mass is 10.0. The van der Waals surface area contributed by atoms with Crippen LogP contribution < -0.4 is 10.6 Å². The lowest BCUT2D eigenvalue weighted by Crippen LogP contribution is -2.29. The summed E-state index contributed by atoms with van der Waals surface area (Å²) < 4.78 is 0. The van der Waals surface area contributed by atoms with E-state index in [1.807, 2.05) is 97.1 Å². The molecule has 0 bridgehead atoms. The van der Waals surface area contributed by atoms with Crippen LogP contribution >= 0.6 is 0 Å². The molecule has 0 aromatic heterocycles. The van der Waals surface area contributed by atoms with Crippen LogP contribution in [-0.4, -0.2) is 11.8 Å². The zero-order chi connectivity index (χ0) is 22.2. The van der Waals surface area contributed by atoms with E-state index < -0.39 is 0 Å². The Morgan fingerprint density at radius 1 is 0.375 bits per heavy atom. The van der Waals surface area contributed by atoms with E-state index in [-0.39, 0.29) is 11.8 Å². The third-order valence-corrected chi connectivity index (χ3v) is 4.92. The van der Waals surface area contributed by atoms with Crippen LogP contribution in [0.4, 0.5) is 0 Å². The van der Waals surface area contributed by atoms with Crippen LogP contribution in [0.15, 0.2) is 121 Å². The molecule has 0 aliphatic carbocycles. The van der Waals surface area contributed by atoms with Gasteiger partial charge in [-0.25, -0.2) is 0 Å². The molecule has 0 saturated carbocycles. The summed E-state index contributed by atoms with van der Waals surface area (Å²) in [5.74, 6) is -0.515. The first-order valence-corrected chi connectivity index (χ1v) is 10.3. The second-order valence-corrected chi connectivity index (χ2v) is 7.12. The smallest absolute Gasteiger partial charge is 0.255 e. The first-order valence-electron chi connectivity index (χ1n) is 10.3. The highest BCUT2D eigenvalue weighted by molar-refractivity contribution is 6.08. The van der Waals surface area contributed by atoms with Gasteiger partial charge in [0.1, 0.15) is 0 Å². The van der Waals surface area contributed by atoms with Crippen LogP contribution in [0, 0.1) is 0 Å². The summed E-state index contributed by atoms with van der Waals surface area (Å²) in [7, 11) is 0. The molecular weight excluding hydrogens is 396 g/mol. The first kappa shape index (κ1) is 20.8. The van der Waals surface area contributed by atoms with E-state index in [9.17, 15) is 9.59 Å². The number of hydrogen-bond acceptors (Lipinski definition) is 2. The summed E-state index contributed by atoms with van der Waals surface area (Å²) in [5, 5.41) is 6.06. The van der Waals surface area contributed by atoms with Gasteiger partial charge in [-0.1, -0.05) is 97.1 Å². The quantitative estimate of drug-likeness (QED) is 0.414. The maximum Gasteiger partial charge on any atom is 0.255 e. The molecule has 0 radical (unpaired) electrons. The fraction of sp³-hybridized carbons (Fsp3) is 0. The Bertz CT molecular complexity index is 1120. The lowest BCUT2D eigenvalue weighted by molar-refractivity contribution is 0.0961. The number of nitrogens with one attached hydrogen (secondary N) is 2. The second-order valence-electron chi connectivity index (χ2n) is 7.12. The van der Waals surface area contributed by atoms with Gasteiger partial charge in [0.05, 0.1) is 11.4 Å². The second kappa shape index (κ2) is 10.0. The minimum atomic E-state index is -0.258. The van der Waals surface area contributed by atoms with Gasteiger partial charge in [0.25, 0.3) is 11.8 Å². The molecule has 4 rings (SSSR count). The Balaban J connectivity index is 1.83. The number of amides is 2. The van der Waals surface area contributed by atoms with Gasteiger partial charge < -0.3 is 10.6 Å². The minimum Gasteiger partial charge on any atom is -0.320 e. The molecule has 0 heterocycles. The van der Waals surface area contributed by atoms with Crippen molar-refractivity contribution in [2.75, 3.05) is 0 Å². The van der Waals surface area contributed by atoms with Crippen LogP contribution in [-0.2, 0) is 0 Å². The van der Waals surface area contributed by atoms with Gasteiger partial charge in [0.15, 0.2) is 0 Å². The third-order valence-electron chi connectivity index (χ3n) is 4.92. The molecular formula is C28H22N2O2. The number of benzene rings is 4. The SMILES string of the molecule is O=C(N/C(=C(\NC(=O)c1ccccc1)c1ccccc1)c1ccccc1)c1ccccc1. The van der Waals surface area contributed by atoms with E-state index in [1.165, 1.54) is 0 Å². The van der Waals surface area contributed by atoms with Gasteiger partial charge in [0.2, 0.25) is 0 Å². The van der Waals surface area contributed by atoms with Gasteiger partial charge in [-0.05, 0) is 24.3 Å². The highest BCUT2D eigenvalue weighted by Gasteiger charge is 2.18. The van der Waals surface area contributed by atoms with Crippen molar-refractivity contribution < 1.29 is 9.59 Å². The van der Waals surface area contributed by atoms with Gasteiger partial charge in [-0.3, -0.25) is 9.59 Å². The summed E-state index contributed by atoms with van der Waals surface area (Å²) in [6.45, 7) is 0. The van der Waals surface area contributed by atoms with Crippen molar-refractivity contribution in [1.29, 1.82) is 0 Å². The molecule has 0 atom stereocenters. The molecule has 4 aromatic rings. The average Bonchev–Trinajstić information content (AvgIpc) is 2.88. The van der Waals surface area contributed by atoms with Crippen molar-refractivity contribution >= 4 is 23.2 Å². The fourth-order valence-electron chi connectivity index (χ4n) is 3.32. The molecule has 4 aromatic carbocycles. The first-order chi connectivity index (χ1) is 15.7. The Morgan fingerprint density at radius 3 is 0.906 bits per heavy atom. The molecule has 0 fully saturated rings. The number of hydrogen-bond donors (Lipinski definition) is 2. The number of carbonyl (C=O) groups excluding carboxylic acids is 2. The molecule has 0 saturated heterocycles. The molecule has 32 heavy (non-hydrogen) atoms. The van der Waals surface area contributed by atoms with Crippen molar-refractivity contribution in [2.24, 2.45) is 0 Å². The normalized spacial score (nSPS) is 11.2. The molecule has 2 amide bonds. The van der Waals surface area contributed by atoms with E-state index in [4.69, 9.17) is 0 Å². The Morgan fingerprint density at radius 2 is 0.625 bits per heavy atom. The van der Waals surface area contributed by atoms with Crippen LogP contribution in [0.2, 0.25) is 0 Å². The average molecular weight is 418 g/mol. The highest BCUT2D eigenvalue weighted by Crippen LogP contribution is 2.24. The molecule has 4 nitrogen and oxygen atoms in total. The highest BCUT2D eigenvalue weighted by atomic mass is 16.2. The summed E-state index contributed by atoms with van der Waals surface area (Å²) in [5.41, 5.74) is 3.67. The molecule has 156 valence electrons. The summed E-state index contributed by atoms with van der Waals surface area (Å²) in [6.07, 6.45) is 0. The van der Waals surface area contributed by atoms with Crippen molar-refractivity contribution in [3.63, 3.8) is 0 Å². The monoisotopic (exact) mass is 418 g/mol. The minimum absolute atomic E-state index is 0.258. The Hall–Kier alpha value is -4.44. The van der Waals surface area contributed by atoms with Crippen molar-refractivity contribution in [3.05, 3.63) is 144 Å². The van der Waals surface area contributed by atoms with Gasteiger partial charge >= 0.3 is 0 Å². The molecule has 0 spiro atoms. The van der Waals surface area contributed by atoms with E-state index in [0.29, 0.717) is 22.5 Å². The van der Waals surface area contributed by atoms with E-state index in [1.54, 1.807) is 24.3 Å². The predicted octanol–water partition coefficient (Wildman–Crippen LogP) is 5.37. The van der Waals surface area contributed by atoms with Crippen LogP contribution in [0.5, 0.6) is 0 Å². The topological polar surface area (TPSA) is 58.2 Å². The standard InChI is InChI=1S/C28H22N2O2/c31-27(23-17-9-3-10-18-23)29-25(21-13-5-1-6-14-21)26(22-15-7-2-8-16-22)30-28(32)24-19-11-4-12-20-24/h1-20H,(H,29,31)(H,30,32)/b26-25-. The zero-order valence-corrected chi connectivity index (χ0v) is 17.4. The summed E-state index contributed by atoms with van der Waals surface area (Å²) in [4.78, 5) is 26.1. The molecule has 2 N–H and O–H groups in total. The van der Waals surface area contributed by atoms with Gasteiger partial charge in [0, 0.05) is 22.3 Å². The van der Waals surface area contributed by atoms with Crippen molar-refractivity contribution in [3.8, 4) is 0 Å². The maximum atomic E-state index is 13.1. The summed E-state index contributed by atoms with van der Waals surface area (Å²) >= 11 is 0. The van der Waals surface area contributed by atoms with Crippen LogP contribution in [0.1, 0.15) is 31.8 Å². The van der Waals surface area contributed by atoms with Crippen LogP contribution in [0.3, 0.4) is 0 Å². The van der Waals surface area contributed by atoms with E-state index >= 15 is 0 Å². The largest absolute Gasteiger partial charge is 0.320 e. The fourth-order valence-corrected chi connectivity index (χ4v) is 3.32. The van der Waals surface area contributed by atoms with Crippen molar-refractivity contribution in [1.82, 2.24) is 10.6 Å². The zero-order valence-electron chi connectivity index (χ0n) is 17.4. The summed E-state index contributed by atoms with van der Waals surface area (Å²) in [6, 6.07) is 37.0. The Labute approximate surface area is 187 Å². The molecule has 0 aliphatic heterocycles. The third kappa shape index (κ3) is 4.99. The number of rotatable bonds is 6. The van der Waals surface area contributed by atoms with Crippen molar-refractivity contribution in [2.45, 2.75) is 0 Å². The molecule has 0 unspecified atom stereocenters. The number of carbonyl (C=O) groups is 2. The molecule has 0 aliphatic rings. The van der Waals surface area contributed by atoms with Crippen LogP contribution in [0.25, 0.3) is 11.4 Å². The van der Waals surface area contributed by atoms with Gasteiger partial charge in [-0.15, -0.1) is 0 Å². The predicted molar refractivity (Wildman–Crippen MR) is 128 cm³/mol. The van der Waals surface area contributed by atoms with Gasteiger partial charge in [-0.2, -0.15) is 0 Å². The molecule has 4 heteroatoms. The Kier molecular flexibility index (Phi) is 6.54. The van der Waals surface area contributed by atoms with E-state index in [0.717, 1.165) is 11.1 Å². The van der Waals surface area contributed by atoms with E-state index in [2.05, 4.69) is 10.6 Å².